The second kappa shape index (κ2) is 5.77. The van der Waals surface area contributed by atoms with Gasteiger partial charge in [0.1, 0.15) is 5.82 Å². The van der Waals surface area contributed by atoms with Crippen LogP contribution in [0.3, 0.4) is 0 Å². The summed E-state index contributed by atoms with van der Waals surface area (Å²) in [5, 5.41) is 6.12. The fourth-order valence-electron chi connectivity index (χ4n) is 1.72. The minimum absolute atomic E-state index is 0.0284. The van der Waals surface area contributed by atoms with E-state index in [1.54, 1.807) is 24.3 Å². The largest absolute Gasteiger partial charge is 0.435 e. The van der Waals surface area contributed by atoms with Gasteiger partial charge in [0.05, 0.1) is 6.42 Å². The number of rotatable bonds is 3. The number of carbonyl (C=O) groups excluding carboxylic acids is 1. The van der Waals surface area contributed by atoms with E-state index >= 15 is 0 Å². The molecule has 0 radical (unpaired) electrons. The third-order valence-corrected chi connectivity index (χ3v) is 3.12. The zero-order valence-corrected chi connectivity index (χ0v) is 11.7. The first-order valence-corrected chi connectivity index (χ1v) is 6.29. The summed E-state index contributed by atoms with van der Waals surface area (Å²) in [5.74, 6) is -0.501. The number of anilines is 1. The molecule has 0 saturated carbocycles. The van der Waals surface area contributed by atoms with Crippen molar-refractivity contribution >= 4 is 23.3 Å². The Morgan fingerprint density at radius 3 is 2.62 bits per heavy atom. The van der Waals surface area contributed by atoms with Crippen LogP contribution in [0.15, 0.2) is 30.3 Å². The van der Waals surface area contributed by atoms with Crippen molar-refractivity contribution in [1.82, 2.24) is 9.78 Å². The molecule has 1 N–H and O–H groups in total. The molecule has 0 saturated heterocycles. The molecule has 112 valence electrons. The van der Waals surface area contributed by atoms with E-state index in [0.717, 1.165) is 10.7 Å². The third-order valence-electron chi connectivity index (χ3n) is 2.75. The Balaban J connectivity index is 2.10. The molecule has 4 nitrogen and oxygen atoms in total. The number of hydrogen-bond acceptors (Lipinski definition) is 2. The summed E-state index contributed by atoms with van der Waals surface area (Å²) in [4.78, 5) is 11.9. The highest BCUT2D eigenvalue weighted by molar-refractivity contribution is 6.31. The monoisotopic (exact) mass is 317 g/mol. The molecular weight excluding hydrogens is 307 g/mol. The van der Waals surface area contributed by atoms with Gasteiger partial charge in [0.25, 0.3) is 0 Å². The Morgan fingerprint density at radius 2 is 2.05 bits per heavy atom. The third kappa shape index (κ3) is 3.75. The van der Waals surface area contributed by atoms with Crippen molar-refractivity contribution < 1.29 is 18.0 Å². The fraction of sp³-hybridized carbons (Fsp3) is 0.231. The normalized spacial score (nSPS) is 11.5. The van der Waals surface area contributed by atoms with E-state index in [1.807, 2.05) is 0 Å². The lowest BCUT2D eigenvalue weighted by Crippen LogP contribution is -2.16. The first-order chi connectivity index (χ1) is 9.77. The number of benzene rings is 1. The number of carbonyl (C=O) groups is 1. The van der Waals surface area contributed by atoms with Crippen molar-refractivity contribution in [1.29, 1.82) is 0 Å². The fourth-order valence-corrected chi connectivity index (χ4v) is 1.93. The van der Waals surface area contributed by atoms with E-state index in [9.17, 15) is 18.0 Å². The molecule has 0 spiro atoms. The minimum Gasteiger partial charge on any atom is -0.311 e. The molecule has 1 aromatic heterocycles. The molecule has 0 aliphatic rings. The average molecular weight is 318 g/mol. The van der Waals surface area contributed by atoms with Crippen LogP contribution in [0.2, 0.25) is 5.02 Å². The molecule has 0 fully saturated rings. The van der Waals surface area contributed by atoms with Crippen LogP contribution in [0.1, 0.15) is 11.3 Å². The Bertz CT molecular complexity index is 667. The number of hydrogen-bond donors (Lipinski definition) is 1. The van der Waals surface area contributed by atoms with E-state index < -0.39 is 17.8 Å². The van der Waals surface area contributed by atoms with E-state index in [1.165, 1.54) is 7.05 Å². The van der Waals surface area contributed by atoms with E-state index in [-0.39, 0.29) is 12.2 Å². The van der Waals surface area contributed by atoms with Gasteiger partial charge in [-0.2, -0.15) is 18.3 Å². The SMILES string of the molecule is Cn1nc(C(F)(F)F)cc1NC(=O)Cc1ccccc1Cl. The molecule has 0 bridgehead atoms. The van der Waals surface area contributed by atoms with Gasteiger partial charge in [0, 0.05) is 18.1 Å². The maximum absolute atomic E-state index is 12.5. The maximum Gasteiger partial charge on any atom is 0.435 e. The summed E-state index contributed by atoms with van der Waals surface area (Å²) in [7, 11) is 1.32. The topological polar surface area (TPSA) is 46.9 Å². The Morgan fingerprint density at radius 1 is 1.38 bits per heavy atom. The van der Waals surface area contributed by atoms with Crippen molar-refractivity contribution in [2.24, 2.45) is 7.05 Å². The minimum atomic E-state index is -4.55. The van der Waals surface area contributed by atoms with Gasteiger partial charge in [-0.1, -0.05) is 29.8 Å². The van der Waals surface area contributed by atoms with Crippen molar-refractivity contribution in [2.45, 2.75) is 12.6 Å². The number of alkyl halides is 3. The first-order valence-electron chi connectivity index (χ1n) is 5.92. The Labute approximate surface area is 123 Å². The van der Waals surface area contributed by atoms with Crippen LogP contribution >= 0.6 is 11.6 Å². The summed E-state index contributed by atoms with van der Waals surface area (Å²) in [5.41, 5.74) is -0.465. The van der Waals surface area contributed by atoms with Gasteiger partial charge in [-0.05, 0) is 11.6 Å². The number of amides is 1. The summed E-state index contributed by atoms with van der Waals surface area (Å²) >= 11 is 5.92. The number of nitrogens with one attached hydrogen (secondary N) is 1. The van der Waals surface area contributed by atoms with Gasteiger partial charge in [-0.3, -0.25) is 9.48 Å². The molecule has 1 amide bonds. The highest BCUT2D eigenvalue weighted by Gasteiger charge is 2.34. The maximum atomic E-state index is 12.5. The lowest BCUT2D eigenvalue weighted by molar-refractivity contribution is -0.141. The molecule has 0 atom stereocenters. The van der Waals surface area contributed by atoms with Gasteiger partial charge >= 0.3 is 6.18 Å². The van der Waals surface area contributed by atoms with Gasteiger partial charge in [-0.25, -0.2) is 0 Å². The zero-order valence-electron chi connectivity index (χ0n) is 10.9. The quantitative estimate of drug-likeness (QED) is 0.944. The van der Waals surface area contributed by atoms with E-state index in [2.05, 4.69) is 10.4 Å². The molecule has 0 unspecified atom stereocenters. The summed E-state index contributed by atoms with van der Waals surface area (Å²) in [6, 6.07) is 7.54. The van der Waals surface area contributed by atoms with Crippen molar-refractivity contribution in [2.75, 3.05) is 5.32 Å². The van der Waals surface area contributed by atoms with E-state index in [0.29, 0.717) is 10.6 Å². The predicted octanol–water partition coefficient (Wildman–Crippen LogP) is 3.27. The van der Waals surface area contributed by atoms with Crippen LogP contribution in [0, 0.1) is 0 Å². The number of aromatic nitrogens is 2. The molecule has 2 rings (SSSR count). The van der Waals surface area contributed by atoms with Crippen LogP contribution in [0.5, 0.6) is 0 Å². The second-order valence-corrected chi connectivity index (χ2v) is 4.76. The first kappa shape index (κ1) is 15.4. The summed E-state index contributed by atoms with van der Waals surface area (Å²) < 4.78 is 38.5. The van der Waals surface area contributed by atoms with E-state index in [4.69, 9.17) is 11.6 Å². The second-order valence-electron chi connectivity index (χ2n) is 4.35. The molecule has 1 heterocycles. The van der Waals surface area contributed by atoms with Crippen LogP contribution in [-0.2, 0) is 24.4 Å². The lowest BCUT2D eigenvalue weighted by atomic mass is 10.1. The van der Waals surface area contributed by atoms with Gasteiger partial charge in [0.15, 0.2) is 5.69 Å². The van der Waals surface area contributed by atoms with Gasteiger partial charge in [0.2, 0.25) is 5.91 Å². The smallest absolute Gasteiger partial charge is 0.311 e. The van der Waals surface area contributed by atoms with Crippen LogP contribution in [0.25, 0.3) is 0 Å². The Hall–Kier alpha value is -2.02. The standard InChI is InChI=1S/C13H11ClF3N3O/c1-20-11(7-10(19-20)13(15,16)17)18-12(21)6-8-4-2-3-5-9(8)14/h2-5,7H,6H2,1H3,(H,18,21). The molecule has 8 heteroatoms. The van der Waals surface area contributed by atoms with Crippen molar-refractivity contribution in [3.05, 3.63) is 46.6 Å². The predicted molar refractivity (Wildman–Crippen MR) is 72.0 cm³/mol. The average Bonchev–Trinajstić information content (AvgIpc) is 2.74. The summed E-state index contributed by atoms with van der Waals surface area (Å²) in [6.07, 6.45) is -4.59. The molecule has 2 aromatic rings. The number of halogens is 4. The van der Waals surface area contributed by atoms with Crippen LogP contribution in [0.4, 0.5) is 19.0 Å². The molecule has 0 aliphatic carbocycles. The number of aryl methyl sites for hydroxylation is 1. The van der Waals surface area contributed by atoms with Crippen LogP contribution in [-0.4, -0.2) is 15.7 Å². The van der Waals surface area contributed by atoms with Crippen LogP contribution < -0.4 is 5.32 Å². The van der Waals surface area contributed by atoms with Crippen molar-refractivity contribution in [3.8, 4) is 0 Å². The van der Waals surface area contributed by atoms with Crippen molar-refractivity contribution in [3.63, 3.8) is 0 Å². The molecule has 21 heavy (non-hydrogen) atoms. The Kier molecular flexibility index (Phi) is 4.22. The number of nitrogens with zero attached hydrogens (tertiary/aromatic N) is 2. The summed E-state index contributed by atoms with van der Waals surface area (Å²) in [6.45, 7) is 0. The van der Waals surface area contributed by atoms with Gasteiger partial charge in [-0.15, -0.1) is 0 Å². The highest BCUT2D eigenvalue weighted by Crippen LogP contribution is 2.29. The highest BCUT2D eigenvalue weighted by atomic mass is 35.5. The molecule has 0 aliphatic heterocycles. The zero-order chi connectivity index (χ0) is 15.6. The lowest BCUT2D eigenvalue weighted by Gasteiger charge is -2.06. The molecule has 1 aromatic carbocycles. The van der Waals surface area contributed by atoms with Gasteiger partial charge < -0.3 is 5.32 Å². The molecular formula is C13H11ClF3N3O.